The van der Waals surface area contributed by atoms with Crippen LogP contribution in [0.1, 0.15) is 18.4 Å². The van der Waals surface area contributed by atoms with Crippen molar-refractivity contribution in [3.05, 3.63) is 11.8 Å². The predicted octanol–water partition coefficient (Wildman–Crippen LogP) is -0.866. The number of nitrogen functional groups attached to an aromatic ring is 1. The number of hydrogen-bond acceptors (Lipinski definition) is 4. The summed E-state index contributed by atoms with van der Waals surface area (Å²) in [5.74, 6) is 0.252. The average Bonchev–Trinajstić information content (AvgIpc) is 2.73. The van der Waals surface area contributed by atoms with Gasteiger partial charge in [0.1, 0.15) is 5.82 Å². The SMILES string of the molecule is Nc1[nH]ncc1CNC(=O)C1CCC(=O)NC1. The molecule has 1 aliphatic heterocycles. The smallest absolute Gasteiger partial charge is 0.225 e. The highest BCUT2D eigenvalue weighted by molar-refractivity contribution is 5.83. The summed E-state index contributed by atoms with van der Waals surface area (Å²) in [6.07, 6.45) is 2.59. The summed E-state index contributed by atoms with van der Waals surface area (Å²) in [6, 6.07) is 0. The van der Waals surface area contributed by atoms with Gasteiger partial charge in [0.25, 0.3) is 0 Å². The fraction of sp³-hybridized carbons (Fsp3) is 0.500. The van der Waals surface area contributed by atoms with Gasteiger partial charge >= 0.3 is 0 Å². The first-order chi connectivity index (χ1) is 8.16. The highest BCUT2D eigenvalue weighted by atomic mass is 16.2. The Morgan fingerprint density at radius 1 is 1.65 bits per heavy atom. The van der Waals surface area contributed by atoms with Crippen molar-refractivity contribution in [1.82, 2.24) is 20.8 Å². The van der Waals surface area contributed by atoms with Crippen LogP contribution in [0.3, 0.4) is 0 Å². The van der Waals surface area contributed by atoms with Gasteiger partial charge in [-0.05, 0) is 6.42 Å². The topological polar surface area (TPSA) is 113 Å². The molecule has 92 valence electrons. The van der Waals surface area contributed by atoms with Gasteiger partial charge in [-0.3, -0.25) is 14.7 Å². The van der Waals surface area contributed by atoms with Crippen LogP contribution in [0, 0.1) is 5.92 Å². The van der Waals surface area contributed by atoms with Gasteiger partial charge in [0.15, 0.2) is 0 Å². The Bertz CT molecular complexity index is 418. The van der Waals surface area contributed by atoms with Crippen LogP contribution in [0.2, 0.25) is 0 Å². The van der Waals surface area contributed by atoms with E-state index in [4.69, 9.17) is 5.73 Å². The number of anilines is 1. The Hall–Kier alpha value is -2.05. The normalized spacial score (nSPS) is 19.8. The molecule has 0 bridgehead atoms. The zero-order valence-electron chi connectivity index (χ0n) is 9.32. The first kappa shape index (κ1) is 11.4. The molecule has 0 aromatic carbocycles. The van der Waals surface area contributed by atoms with Gasteiger partial charge in [0, 0.05) is 25.1 Å². The molecule has 1 atom stereocenters. The highest BCUT2D eigenvalue weighted by Gasteiger charge is 2.24. The van der Waals surface area contributed by atoms with Crippen LogP contribution >= 0.6 is 0 Å². The van der Waals surface area contributed by atoms with Crippen LogP contribution in [0.4, 0.5) is 5.82 Å². The van der Waals surface area contributed by atoms with E-state index in [2.05, 4.69) is 20.8 Å². The Kier molecular flexibility index (Phi) is 3.27. The zero-order chi connectivity index (χ0) is 12.3. The van der Waals surface area contributed by atoms with Gasteiger partial charge in [-0.25, -0.2) is 0 Å². The molecule has 5 N–H and O–H groups in total. The van der Waals surface area contributed by atoms with Crippen LogP contribution in [0.5, 0.6) is 0 Å². The van der Waals surface area contributed by atoms with Crippen LogP contribution in [0.25, 0.3) is 0 Å². The fourth-order valence-electron chi connectivity index (χ4n) is 1.75. The third-order valence-electron chi connectivity index (χ3n) is 2.84. The van der Waals surface area contributed by atoms with Gasteiger partial charge in [-0.15, -0.1) is 0 Å². The van der Waals surface area contributed by atoms with Gasteiger partial charge in [-0.1, -0.05) is 0 Å². The molecule has 1 aliphatic rings. The fourth-order valence-corrected chi connectivity index (χ4v) is 1.75. The summed E-state index contributed by atoms with van der Waals surface area (Å²) in [7, 11) is 0. The molecule has 1 unspecified atom stereocenters. The molecule has 0 aliphatic carbocycles. The number of H-pyrrole nitrogens is 1. The van der Waals surface area contributed by atoms with Crippen molar-refractivity contribution < 1.29 is 9.59 Å². The number of aromatic amines is 1. The minimum Gasteiger partial charge on any atom is -0.384 e. The molecule has 1 aromatic heterocycles. The monoisotopic (exact) mass is 237 g/mol. The van der Waals surface area contributed by atoms with Gasteiger partial charge in [0.05, 0.1) is 12.1 Å². The summed E-state index contributed by atoms with van der Waals surface area (Å²) in [5, 5.41) is 11.8. The standard InChI is InChI=1S/C10H15N5O2/c11-9-7(5-14-15-9)4-13-10(17)6-1-2-8(16)12-3-6/h5-6H,1-4H2,(H,12,16)(H,13,17)(H3,11,14,15). The predicted molar refractivity (Wildman–Crippen MR) is 60.6 cm³/mol. The van der Waals surface area contributed by atoms with Gasteiger partial charge in [0.2, 0.25) is 11.8 Å². The molecule has 17 heavy (non-hydrogen) atoms. The van der Waals surface area contributed by atoms with Crippen LogP contribution in [-0.2, 0) is 16.1 Å². The van der Waals surface area contributed by atoms with Gasteiger partial charge in [-0.2, -0.15) is 5.10 Å². The van der Waals surface area contributed by atoms with Gasteiger partial charge < -0.3 is 16.4 Å². The Morgan fingerprint density at radius 3 is 3.06 bits per heavy atom. The number of rotatable bonds is 3. The molecular weight excluding hydrogens is 222 g/mol. The summed E-state index contributed by atoms with van der Waals surface area (Å²) >= 11 is 0. The molecule has 0 spiro atoms. The molecule has 2 amide bonds. The lowest BCUT2D eigenvalue weighted by Crippen LogP contribution is -2.42. The number of amides is 2. The quantitative estimate of drug-likeness (QED) is 0.547. The van der Waals surface area contributed by atoms with E-state index in [1.165, 1.54) is 0 Å². The number of piperidine rings is 1. The van der Waals surface area contributed by atoms with Crippen molar-refractivity contribution in [3.63, 3.8) is 0 Å². The lowest BCUT2D eigenvalue weighted by Gasteiger charge is -2.21. The second-order valence-corrected chi connectivity index (χ2v) is 4.07. The second-order valence-electron chi connectivity index (χ2n) is 4.07. The molecule has 1 fully saturated rings. The first-order valence-corrected chi connectivity index (χ1v) is 5.49. The van der Waals surface area contributed by atoms with E-state index in [0.717, 1.165) is 5.56 Å². The van der Waals surface area contributed by atoms with Crippen molar-refractivity contribution in [2.45, 2.75) is 19.4 Å². The van der Waals surface area contributed by atoms with Crippen molar-refractivity contribution in [2.24, 2.45) is 5.92 Å². The van der Waals surface area contributed by atoms with E-state index in [1.807, 2.05) is 0 Å². The molecule has 1 saturated heterocycles. The summed E-state index contributed by atoms with van der Waals surface area (Å²) in [6.45, 7) is 0.761. The molecule has 7 nitrogen and oxygen atoms in total. The number of hydrogen-bond donors (Lipinski definition) is 4. The number of carbonyl (C=O) groups is 2. The van der Waals surface area contributed by atoms with E-state index in [0.29, 0.717) is 31.7 Å². The lowest BCUT2D eigenvalue weighted by atomic mass is 9.98. The van der Waals surface area contributed by atoms with Crippen molar-refractivity contribution in [1.29, 1.82) is 0 Å². The average molecular weight is 237 g/mol. The first-order valence-electron chi connectivity index (χ1n) is 5.49. The maximum Gasteiger partial charge on any atom is 0.225 e. The minimum atomic E-state index is -0.152. The molecule has 7 heteroatoms. The van der Waals surface area contributed by atoms with Crippen LogP contribution < -0.4 is 16.4 Å². The Balaban J connectivity index is 1.81. The highest BCUT2D eigenvalue weighted by Crippen LogP contribution is 2.11. The number of carbonyl (C=O) groups excluding carboxylic acids is 2. The summed E-state index contributed by atoms with van der Waals surface area (Å²) < 4.78 is 0. The Morgan fingerprint density at radius 2 is 2.47 bits per heavy atom. The molecule has 0 radical (unpaired) electrons. The van der Waals surface area contributed by atoms with Crippen molar-refractivity contribution in [2.75, 3.05) is 12.3 Å². The van der Waals surface area contributed by atoms with E-state index in [9.17, 15) is 9.59 Å². The lowest BCUT2D eigenvalue weighted by molar-refractivity contribution is -0.129. The Labute approximate surface area is 98.1 Å². The number of aromatic nitrogens is 2. The van der Waals surface area contributed by atoms with Crippen molar-refractivity contribution >= 4 is 17.6 Å². The third-order valence-corrected chi connectivity index (χ3v) is 2.84. The molecule has 2 heterocycles. The summed E-state index contributed by atoms with van der Waals surface area (Å²) in [5.41, 5.74) is 6.36. The van der Waals surface area contributed by atoms with E-state index >= 15 is 0 Å². The molecule has 0 saturated carbocycles. The maximum absolute atomic E-state index is 11.8. The van der Waals surface area contributed by atoms with E-state index < -0.39 is 0 Å². The molecule has 2 rings (SSSR count). The largest absolute Gasteiger partial charge is 0.384 e. The maximum atomic E-state index is 11.8. The van der Waals surface area contributed by atoms with E-state index in [1.54, 1.807) is 6.20 Å². The van der Waals surface area contributed by atoms with Crippen molar-refractivity contribution in [3.8, 4) is 0 Å². The number of nitrogens with two attached hydrogens (primary N) is 1. The zero-order valence-corrected chi connectivity index (χ0v) is 9.32. The number of nitrogens with one attached hydrogen (secondary N) is 3. The third kappa shape index (κ3) is 2.74. The molecule has 1 aromatic rings. The molecular formula is C10H15N5O2. The summed E-state index contributed by atoms with van der Waals surface area (Å²) in [4.78, 5) is 22.7. The van der Waals surface area contributed by atoms with Crippen LogP contribution in [-0.4, -0.2) is 28.6 Å². The second kappa shape index (κ2) is 4.86. The van der Waals surface area contributed by atoms with Crippen LogP contribution in [0.15, 0.2) is 6.20 Å². The van der Waals surface area contributed by atoms with E-state index in [-0.39, 0.29) is 17.7 Å². The minimum absolute atomic E-state index is 0.00753. The number of nitrogens with zero attached hydrogens (tertiary/aromatic N) is 1.